The number of allylic oxidation sites excluding steroid dienone is 4. The first-order valence-electron chi connectivity index (χ1n) is 17.6. The number of anilines is 3. The van der Waals surface area contributed by atoms with Gasteiger partial charge in [-0.3, -0.25) is 0 Å². The Morgan fingerprint density at radius 3 is 2.06 bits per heavy atom. The van der Waals surface area contributed by atoms with Crippen molar-refractivity contribution in [2.24, 2.45) is 0 Å². The summed E-state index contributed by atoms with van der Waals surface area (Å²) in [5.41, 5.74) is 12.4. The van der Waals surface area contributed by atoms with Crippen LogP contribution in [0.5, 0.6) is 0 Å². The van der Waals surface area contributed by atoms with Crippen LogP contribution >= 0.6 is 11.3 Å². The topological polar surface area (TPSA) is 16.4 Å². The molecule has 0 aliphatic heterocycles. The molecular formula is C48H33NOS. The fourth-order valence-electron chi connectivity index (χ4n) is 7.65. The largest absolute Gasteiger partial charge is 0.456 e. The summed E-state index contributed by atoms with van der Waals surface area (Å²) in [6, 6.07) is 57.0. The first-order chi connectivity index (χ1) is 25.3. The summed E-state index contributed by atoms with van der Waals surface area (Å²) in [7, 11) is 0. The Labute approximate surface area is 300 Å². The Morgan fingerprint density at radius 2 is 1.24 bits per heavy atom. The fraction of sp³-hybridized carbons (Fsp3) is 0.0417. The van der Waals surface area contributed by atoms with E-state index in [2.05, 4.69) is 175 Å². The molecule has 2 heterocycles. The molecule has 0 atom stereocenters. The predicted molar refractivity (Wildman–Crippen MR) is 219 cm³/mol. The van der Waals surface area contributed by atoms with E-state index in [1.54, 1.807) is 0 Å². The monoisotopic (exact) mass is 671 g/mol. The number of hydrogen-bond acceptors (Lipinski definition) is 3. The highest BCUT2D eigenvalue weighted by molar-refractivity contribution is 7.26. The molecule has 242 valence electrons. The Morgan fingerprint density at radius 1 is 0.510 bits per heavy atom. The van der Waals surface area contributed by atoms with Gasteiger partial charge in [0.05, 0.1) is 5.69 Å². The quantitative estimate of drug-likeness (QED) is 0.175. The van der Waals surface area contributed by atoms with Gasteiger partial charge in [-0.2, -0.15) is 0 Å². The van der Waals surface area contributed by atoms with E-state index in [9.17, 15) is 0 Å². The van der Waals surface area contributed by atoms with Crippen LogP contribution in [0, 0.1) is 0 Å². The third-order valence-corrected chi connectivity index (χ3v) is 11.3. The molecule has 2 nitrogen and oxygen atoms in total. The Hall–Kier alpha value is -6.16. The molecule has 0 saturated carbocycles. The molecule has 0 bridgehead atoms. The Bertz CT molecular complexity index is 2800. The van der Waals surface area contributed by atoms with E-state index in [1.165, 1.54) is 53.6 Å². The number of furan rings is 1. The Kier molecular flexibility index (Phi) is 7.18. The van der Waals surface area contributed by atoms with Crippen LogP contribution in [0.15, 0.2) is 180 Å². The smallest absolute Gasteiger partial charge is 0.137 e. The van der Waals surface area contributed by atoms with Crippen LogP contribution in [0.1, 0.15) is 18.4 Å². The van der Waals surface area contributed by atoms with Crippen LogP contribution < -0.4 is 4.90 Å². The van der Waals surface area contributed by atoms with Gasteiger partial charge in [-0.1, -0.05) is 121 Å². The summed E-state index contributed by atoms with van der Waals surface area (Å²) >= 11 is 1.87. The average Bonchev–Trinajstić information content (AvgIpc) is 3.78. The van der Waals surface area contributed by atoms with E-state index < -0.39 is 0 Å². The number of fused-ring (bicyclic) bond motifs is 6. The van der Waals surface area contributed by atoms with Crippen molar-refractivity contribution in [3.8, 4) is 22.3 Å². The number of benzene rings is 7. The zero-order chi connectivity index (χ0) is 33.7. The van der Waals surface area contributed by atoms with Crippen LogP contribution in [0.3, 0.4) is 0 Å². The summed E-state index contributed by atoms with van der Waals surface area (Å²) in [6.07, 6.45) is 9.07. The summed E-state index contributed by atoms with van der Waals surface area (Å²) in [4.78, 5) is 2.45. The maximum atomic E-state index is 6.50. The fourth-order valence-corrected chi connectivity index (χ4v) is 8.91. The van der Waals surface area contributed by atoms with E-state index in [1.807, 2.05) is 17.4 Å². The van der Waals surface area contributed by atoms with Gasteiger partial charge in [0.2, 0.25) is 0 Å². The molecule has 0 spiro atoms. The van der Waals surface area contributed by atoms with Crippen molar-refractivity contribution in [1.29, 1.82) is 0 Å². The number of hydrogen-bond donors (Lipinski definition) is 0. The van der Waals surface area contributed by atoms with Crippen molar-refractivity contribution in [3.05, 3.63) is 182 Å². The molecule has 0 N–H and O–H groups in total. The highest BCUT2D eigenvalue weighted by Crippen LogP contribution is 2.49. The van der Waals surface area contributed by atoms with Crippen molar-refractivity contribution in [3.63, 3.8) is 0 Å². The van der Waals surface area contributed by atoms with Crippen LogP contribution in [0.2, 0.25) is 0 Å². The lowest BCUT2D eigenvalue weighted by atomic mass is 9.94. The van der Waals surface area contributed by atoms with Crippen molar-refractivity contribution in [2.75, 3.05) is 4.90 Å². The lowest BCUT2D eigenvalue weighted by Gasteiger charge is -2.28. The number of nitrogens with zero attached hydrogens (tertiary/aromatic N) is 1. The summed E-state index contributed by atoms with van der Waals surface area (Å²) in [5.74, 6) is 0. The summed E-state index contributed by atoms with van der Waals surface area (Å²) in [6.45, 7) is 0. The van der Waals surface area contributed by atoms with E-state index in [0.717, 1.165) is 51.8 Å². The second-order valence-electron chi connectivity index (χ2n) is 13.2. The van der Waals surface area contributed by atoms with Gasteiger partial charge in [-0.05, 0) is 94.8 Å². The van der Waals surface area contributed by atoms with Crippen LogP contribution in [0.25, 0.3) is 69.9 Å². The maximum absolute atomic E-state index is 6.50. The van der Waals surface area contributed by atoms with Crippen LogP contribution in [0.4, 0.5) is 17.1 Å². The summed E-state index contributed by atoms with van der Waals surface area (Å²) in [5, 5.41) is 4.77. The zero-order valence-corrected chi connectivity index (χ0v) is 28.7. The van der Waals surface area contributed by atoms with Crippen molar-refractivity contribution in [1.82, 2.24) is 0 Å². The molecule has 3 heteroatoms. The van der Waals surface area contributed by atoms with E-state index >= 15 is 0 Å². The molecule has 0 unspecified atom stereocenters. The number of thiophene rings is 1. The molecule has 51 heavy (non-hydrogen) atoms. The SMILES string of the molecule is C1=CC(c2cc(-c3ccccc3)cc(N(c3ccc4c(c3)oc3ccccc34)c3ccc(-c4ccccc4)c4sc5ccccc5c34)c2)=CCC1. The minimum absolute atomic E-state index is 0.878. The van der Waals surface area contributed by atoms with E-state index in [0.29, 0.717) is 0 Å². The highest BCUT2D eigenvalue weighted by atomic mass is 32.1. The predicted octanol–water partition coefficient (Wildman–Crippen LogP) is 14.5. The van der Waals surface area contributed by atoms with Gasteiger partial charge < -0.3 is 9.32 Å². The number of rotatable bonds is 6. The lowest BCUT2D eigenvalue weighted by Crippen LogP contribution is -2.11. The molecular weight excluding hydrogens is 639 g/mol. The minimum atomic E-state index is 0.878. The zero-order valence-electron chi connectivity index (χ0n) is 27.9. The van der Waals surface area contributed by atoms with Gasteiger partial charge in [-0.25, -0.2) is 0 Å². The lowest BCUT2D eigenvalue weighted by molar-refractivity contribution is 0.669. The van der Waals surface area contributed by atoms with Crippen molar-refractivity contribution in [2.45, 2.75) is 12.8 Å². The van der Waals surface area contributed by atoms with Crippen molar-refractivity contribution < 1.29 is 4.42 Å². The van der Waals surface area contributed by atoms with Gasteiger partial charge in [0.1, 0.15) is 11.2 Å². The van der Waals surface area contributed by atoms with Crippen LogP contribution in [-0.2, 0) is 0 Å². The van der Waals surface area contributed by atoms with Gasteiger partial charge >= 0.3 is 0 Å². The van der Waals surface area contributed by atoms with Gasteiger partial charge in [0.25, 0.3) is 0 Å². The van der Waals surface area contributed by atoms with E-state index in [-0.39, 0.29) is 0 Å². The molecule has 7 aromatic carbocycles. The minimum Gasteiger partial charge on any atom is -0.456 e. The van der Waals surface area contributed by atoms with Gasteiger partial charge in [0, 0.05) is 48.4 Å². The first-order valence-corrected chi connectivity index (χ1v) is 18.4. The molecule has 0 amide bonds. The third kappa shape index (κ3) is 5.17. The summed E-state index contributed by atoms with van der Waals surface area (Å²) < 4.78 is 9.07. The molecule has 0 fully saturated rings. The second kappa shape index (κ2) is 12.3. The van der Waals surface area contributed by atoms with Crippen molar-refractivity contribution >= 4 is 76.1 Å². The normalized spacial score (nSPS) is 13.0. The third-order valence-electron chi connectivity index (χ3n) is 10.1. The standard InChI is InChI=1S/C48H33NOS/c1-4-14-32(15-5-1)35-28-36(33-16-6-2-7-17-33)30-38(29-35)49(37-24-25-41-40-20-10-12-22-44(40)50-45(41)31-37)43-27-26-39(34-18-8-3-9-19-34)48-47(43)42-21-11-13-23-46(42)51-48/h1,3-6,8-31H,2,7H2. The average molecular weight is 672 g/mol. The maximum Gasteiger partial charge on any atom is 0.137 e. The highest BCUT2D eigenvalue weighted by Gasteiger charge is 2.23. The Balaban J connectivity index is 1.29. The molecule has 10 rings (SSSR count). The first kappa shape index (κ1) is 29.7. The molecule has 0 radical (unpaired) electrons. The van der Waals surface area contributed by atoms with Crippen LogP contribution in [-0.4, -0.2) is 0 Å². The van der Waals surface area contributed by atoms with E-state index in [4.69, 9.17) is 4.42 Å². The number of para-hydroxylation sites is 1. The molecule has 0 saturated heterocycles. The second-order valence-corrected chi connectivity index (χ2v) is 14.2. The molecule has 9 aromatic rings. The molecule has 1 aliphatic carbocycles. The van der Waals surface area contributed by atoms with Gasteiger partial charge in [0.15, 0.2) is 0 Å². The molecule has 1 aliphatic rings. The van der Waals surface area contributed by atoms with Gasteiger partial charge in [-0.15, -0.1) is 11.3 Å². The molecule has 2 aromatic heterocycles.